The number of pyridine rings is 1. The number of nitrogens with one attached hydrogen (secondary N) is 1. The molecule has 3 heterocycles. The Morgan fingerprint density at radius 2 is 2.08 bits per heavy atom. The molecule has 1 saturated carbocycles. The van der Waals surface area contributed by atoms with E-state index in [0.29, 0.717) is 10.6 Å². The molecule has 0 unspecified atom stereocenters. The first-order valence-electron chi connectivity index (χ1n) is 11.3. The van der Waals surface area contributed by atoms with Crippen LogP contribution in [0.15, 0.2) is 40.6 Å². The summed E-state index contributed by atoms with van der Waals surface area (Å²) in [5.41, 5.74) is 6.04. The highest BCUT2D eigenvalue weighted by Gasteiger charge is 2.19. The standard InChI is InChI=1S/C22H24F2N7O4PS/c23-15-6-7-18(24)30-20(15)19(25)16(9-26-14-4-2-1-3-5-14)28-21(32)17-11-37-22(29-17)13-8-27-31(10-13)12-35-36(33)34/h6-11,14,33-34H,1-5,12,25H2,(H,28,32)/b19-16+,26-9?. The number of hydrogen-bond acceptors (Lipinski definition) is 10. The highest BCUT2D eigenvalue weighted by atomic mass is 32.1. The van der Waals surface area contributed by atoms with E-state index in [1.54, 1.807) is 6.20 Å². The van der Waals surface area contributed by atoms with Crippen molar-refractivity contribution in [2.24, 2.45) is 10.7 Å². The van der Waals surface area contributed by atoms with E-state index in [0.717, 1.165) is 44.2 Å². The molecule has 196 valence electrons. The van der Waals surface area contributed by atoms with Crippen LogP contribution >= 0.6 is 19.9 Å². The average molecular weight is 552 g/mol. The minimum absolute atomic E-state index is 0.0170. The first-order chi connectivity index (χ1) is 17.8. The van der Waals surface area contributed by atoms with Crippen molar-refractivity contribution in [2.75, 3.05) is 0 Å². The summed E-state index contributed by atoms with van der Waals surface area (Å²) in [6, 6.07) is 1.82. The van der Waals surface area contributed by atoms with E-state index in [4.69, 9.17) is 20.0 Å². The predicted molar refractivity (Wildman–Crippen MR) is 134 cm³/mol. The lowest BCUT2D eigenvalue weighted by Gasteiger charge is -2.18. The van der Waals surface area contributed by atoms with Crippen LogP contribution in [-0.2, 0) is 11.3 Å². The summed E-state index contributed by atoms with van der Waals surface area (Å²) >= 11 is 1.18. The normalized spacial score (nSPS) is 15.4. The van der Waals surface area contributed by atoms with Crippen molar-refractivity contribution in [2.45, 2.75) is 44.9 Å². The van der Waals surface area contributed by atoms with Gasteiger partial charge in [-0.1, -0.05) is 19.3 Å². The van der Waals surface area contributed by atoms with Gasteiger partial charge >= 0.3 is 8.60 Å². The monoisotopic (exact) mass is 551 g/mol. The third-order valence-corrected chi connectivity index (χ3v) is 6.75. The summed E-state index contributed by atoms with van der Waals surface area (Å²) in [4.78, 5) is 43.1. The number of thiazole rings is 1. The molecule has 0 bridgehead atoms. The number of nitrogens with zero attached hydrogens (tertiary/aromatic N) is 5. The topological polar surface area (TPSA) is 161 Å². The molecule has 1 fully saturated rings. The summed E-state index contributed by atoms with van der Waals surface area (Å²) in [5, 5.41) is 8.64. The van der Waals surface area contributed by atoms with E-state index in [-0.39, 0.29) is 29.9 Å². The Kier molecular flexibility index (Phi) is 9.00. The molecular formula is C22H24F2N7O4PS. The van der Waals surface area contributed by atoms with Gasteiger partial charge in [-0.15, -0.1) is 11.3 Å². The number of hydrogen-bond donors (Lipinski definition) is 4. The molecule has 5 N–H and O–H groups in total. The first kappa shape index (κ1) is 26.9. The number of aromatic nitrogens is 4. The summed E-state index contributed by atoms with van der Waals surface area (Å²) in [7, 11) is -2.52. The third kappa shape index (κ3) is 7.21. The molecule has 15 heteroatoms. The Balaban J connectivity index is 1.56. The maximum atomic E-state index is 14.4. The molecule has 0 aromatic carbocycles. The van der Waals surface area contributed by atoms with Gasteiger partial charge in [-0.2, -0.15) is 9.49 Å². The average Bonchev–Trinajstić information content (AvgIpc) is 3.57. The second kappa shape index (κ2) is 12.4. The van der Waals surface area contributed by atoms with Gasteiger partial charge in [-0.3, -0.25) is 14.3 Å². The number of carbonyl (C=O) groups is 1. The van der Waals surface area contributed by atoms with Gasteiger partial charge in [-0.05, 0) is 25.0 Å². The molecule has 1 aliphatic carbocycles. The second-order valence-corrected chi connectivity index (χ2v) is 9.75. The van der Waals surface area contributed by atoms with E-state index >= 15 is 0 Å². The molecular weight excluding hydrogens is 527 g/mol. The SMILES string of the molecule is N/C(=C(\C=NC1CCCCC1)NC(=O)c1csc(-c2cnn(COP(O)O)c2)n1)c1nc(F)ccc1F. The maximum Gasteiger partial charge on any atom is 0.328 e. The van der Waals surface area contributed by atoms with Crippen molar-refractivity contribution in [1.82, 2.24) is 25.1 Å². The van der Waals surface area contributed by atoms with Gasteiger partial charge < -0.3 is 20.8 Å². The summed E-state index contributed by atoms with van der Waals surface area (Å²) < 4.78 is 34.1. The minimum Gasteiger partial charge on any atom is -0.395 e. The fraction of sp³-hybridized carbons (Fsp3) is 0.318. The van der Waals surface area contributed by atoms with Crippen molar-refractivity contribution in [3.05, 3.63) is 58.8 Å². The zero-order chi connectivity index (χ0) is 26.4. The van der Waals surface area contributed by atoms with Crippen molar-refractivity contribution >= 4 is 37.8 Å². The molecule has 4 rings (SSSR count). The van der Waals surface area contributed by atoms with Crippen molar-refractivity contribution in [1.29, 1.82) is 0 Å². The van der Waals surface area contributed by atoms with Gasteiger partial charge in [0.1, 0.15) is 23.1 Å². The Bertz CT molecular complexity index is 1310. The van der Waals surface area contributed by atoms with Crippen LogP contribution in [-0.4, -0.2) is 47.7 Å². The minimum atomic E-state index is -2.52. The molecule has 0 saturated heterocycles. The van der Waals surface area contributed by atoms with E-state index in [9.17, 15) is 13.6 Å². The van der Waals surface area contributed by atoms with Crippen LogP contribution in [0.1, 0.15) is 48.3 Å². The van der Waals surface area contributed by atoms with Crippen molar-refractivity contribution in [3.63, 3.8) is 0 Å². The zero-order valence-corrected chi connectivity index (χ0v) is 21.1. The number of aliphatic imine (C=N–C) groups is 1. The van der Waals surface area contributed by atoms with Crippen LogP contribution in [0.4, 0.5) is 8.78 Å². The summed E-state index contributed by atoms with van der Waals surface area (Å²) in [5.74, 6) is -2.39. The molecule has 11 nitrogen and oxygen atoms in total. The van der Waals surface area contributed by atoms with E-state index in [1.807, 2.05) is 0 Å². The fourth-order valence-corrected chi connectivity index (χ4v) is 4.66. The van der Waals surface area contributed by atoms with E-state index in [1.165, 1.54) is 33.8 Å². The van der Waals surface area contributed by atoms with Crippen LogP contribution < -0.4 is 11.1 Å². The van der Waals surface area contributed by atoms with Crippen LogP contribution in [0.3, 0.4) is 0 Å². The molecule has 0 atom stereocenters. The molecule has 0 aliphatic heterocycles. The highest BCUT2D eigenvalue weighted by molar-refractivity contribution is 7.39. The van der Waals surface area contributed by atoms with Gasteiger partial charge in [0.25, 0.3) is 5.91 Å². The number of allylic oxidation sites excluding steroid dienone is 1. The van der Waals surface area contributed by atoms with Crippen LogP contribution in [0, 0.1) is 11.8 Å². The largest absolute Gasteiger partial charge is 0.395 e. The molecule has 3 aromatic heterocycles. The lowest BCUT2D eigenvalue weighted by molar-refractivity contribution is 0.0964. The van der Waals surface area contributed by atoms with Crippen molar-refractivity contribution < 1.29 is 27.9 Å². The maximum absolute atomic E-state index is 14.4. The Morgan fingerprint density at radius 1 is 1.30 bits per heavy atom. The second-order valence-electron chi connectivity index (χ2n) is 8.13. The summed E-state index contributed by atoms with van der Waals surface area (Å²) in [6.07, 6.45) is 9.40. The lowest BCUT2D eigenvalue weighted by Crippen LogP contribution is -2.27. The lowest BCUT2D eigenvalue weighted by atomic mass is 9.96. The molecule has 0 radical (unpaired) electrons. The Morgan fingerprint density at radius 3 is 2.84 bits per heavy atom. The predicted octanol–water partition coefficient (Wildman–Crippen LogP) is 3.33. The molecule has 0 spiro atoms. The fourth-order valence-electron chi connectivity index (χ4n) is 3.67. The van der Waals surface area contributed by atoms with Crippen LogP contribution in [0.5, 0.6) is 0 Å². The number of halogens is 2. The van der Waals surface area contributed by atoms with Gasteiger partial charge in [0.05, 0.1) is 23.6 Å². The zero-order valence-electron chi connectivity index (χ0n) is 19.4. The van der Waals surface area contributed by atoms with Gasteiger partial charge in [0, 0.05) is 23.4 Å². The quantitative estimate of drug-likeness (QED) is 0.179. The Hall–Kier alpha value is -3.16. The Labute approximate surface area is 215 Å². The van der Waals surface area contributed by atoms with Gasteiger partial charge in [0.2, 0.25) is 5.95 Å². The van der Waals surface area contributed by atoms with Gasteiger partial charge in [0.15, 0.2) is 5.82 Å². The third-order valence-electron chi connectivity index (χ3n) is 5.52. The van der Waals surface area contributed by atoms with Crippen LogP contribution in [0.2, 0.25) is 0 Å². The molecule has 1 aliphatic rings. The van der Waals surface area contributed by atoms with Gasteiger partial charge in [-0.25, -0.2) is 19.0 Å². The molecule has 3 aromatic rings. The highest BCUT2D eigenvalue weighted by Crippen LogP contribution is 2.27. The number of nitrogens with two attached hydrogens (primary N) is 1. The molecule has 1 amide bonds. The van der Waals surface area contributed by atoms with E-state index < -0.39 is 32.0 Å². The number of amides is 1. The smallest absolute Gasteiger partial charge is 0.328 e. The van der Waals surface area contributed by atoms with Crippen molar-refractivity contribution in [3.8, 4) is 10.6 Å². The first-order valence-corrected chi connectivity index (χ1v) is 13.3. The summed E-state index contributed by atoms with van der Waals surface area (Å²) in [6.45, 7) is -0.171. The van der Waals surface area contributed by atoms with E-state index in [2.05, 4.69) is 25.4 Å². The number of rotatable bonds is 9. The number of carbonyl (C=O) groups excluding carboxylic acids is 1. The van der Waals surface area contributed by atoms with Crippen LogP contribution in [0.25, 0.3) is 16.3 Å². The molecule has 37 heavy (non-hydrogen) atoms.